The van der Waals surface area contributed by atoms with Crippen LogP contribution in [-0.4, -0.2) is 35.6 Å². The summed E-state index contributed by atoms with van der Waals surface area (Å²) >= 11 is 1.79. The molecule has 17 heavy (non-hydrogen) atoms. The topological polar surface area (TPSA) is 42.2 Å². The number of aryl methyl sites for hydroxylation is 1. The van der Waals surface area contributed by atoms with Crippen LogP contribution in [0.25, 0.3) is 0 Å². The molecule has 2 rings (SSSR count). The summed E-state index contributed by atoms with van der Waals surface area (Å²) in [7, 11) is 0. The van der Waals surface area contributed by atoms with E-state index in [0.717, 1.165) is 25.4 Å². The fraction of sp³-hybridized carbons (Fsp3) is 0.769. The molecule has 0 amide bonds. The van der Waals surface area contributed by atoms with Crippen molar-refractivity contribution in [1.29, 1.82) is 0 Å². The van der Waals surface area contributed by atoms with Crippen LogP contribution in [0.15, 0.2) is 5.51 Å². The first-order chi connectivity index (χ1) is 8.31. The molecule has 1 aromatic rings. The first kappa shape index (κ1) is 13.0. The molecule has 2 heterocycles. The van der Waals surface area contributed by atoms with Crippen LogP contribution >= 0.6 is 11.3 Å². The molecule has 1 unspecified atom stereocenters. The molecule has 0 aromatic carbocycles. The van der Waals surface area contributed by atoms with E-state index in [1.165, 1.54) is 42.9 Å². The van der Waals surface area contributed by atoms with Crippen molar-refractivity contribution in [3.63, 3.8) is 0 Å². The van der Waals surface area contributed by atoms with Gasteiger partial charge in [0.2, 0.25) is 0 Å². The third kappa shape index (κ3) is 3.50. The molecule has 1 aliphatic rings. The second kappa shape index (κ2) is 6.47. The van der Waals surface area contributed by atoms with Crippen LogP contribution in [0.4, 0.5) is 0 Å². The highest BCUT2D eigenvalue weighted by Gasteiger charge is 2.21. The van der Waals surface area contributed by atoms with E-state index in [1.54, 1.807) is 11.3 Å². The summed E-state index contributed by atoms with van der Waals surface area (Å²) in [6.07, 6.45) is 6.36. The summed E-state index contributed by atoms with van der Waals surface area (Å²) in [6, 6.07) is 0.724. The van der Waals surface area contributed by atoms with E-state index in [2.05, 4.69) is 16.8 Å². The lowest BCUT2D eigenvalue weighted by Gasteiger charge is -2.35. The van der Waals surface area contributed by atoms with Crippen molar-refractivity contribution in [2.24, 2.45) is 5.73 Å². The molecule has 0 bridgehead atoms. The molecule has 0 spiro atoms. The lowest BCUT2D eigenvalue weighted by atomic mass is 9.99. The van der Waals surface area contributed by atoms with Crippen molar-refractivity contribution in [2.45, 2.75) is 45.1 Å². The van der Waals surface area contributed by atoms with Gasteiger partial charge in [-0.25, -0.2) is 4.98 Å². The van der Waals surface area contributed by atoms with Crippen LogP contribution in [0, 0.1) is 6.92 Å². The number of aromatic nitrogens is 1. The zero-order chi connectivity index (χ0) is 12.1. The Labute approximate surface area is 108 Å². The average molecular weight is 253 g/mol. The van der Waals surface area contributed by atoms with Gasteiger partial charge in [0, 0.05) is 17.5 Å². The molecular formula is C13H23N3S. The summed E-state index contributed by atoms with van der Waals surface area (Å²) < 4.78 is 0. The molecule has 1 atom stereocenters. The van der Waals surface area contributed by atoms with Gasteiger partial charge in [0.25, 0.3) is 0 Å². The van der Waals surface area contributed by atoms with E-state index in [1.807, 2.05) is 5.51 Å². The Morgan fingerprint density at radius 3 is 3.12 bits per heavy atom. The summed E-state index contributed by atoms with van der Waals surface area (Å²) in [5.41, 5.74) is 8.87. The second-order valence-corrected chi connectivity index (χ2v) is 5.81. The van der Waals surface area contributed by atoms with Gasteiger partial charge in [0.15, 0.2) is 0 Å². The molecule has 1 aromatic heterocycles. The van der Waals surface area contributed by atoms with Crippen LogP contribution < -0.4 is 5.73 Å². The quantitative estimate of drug-likeness (QED) is 0.874. The molecule has 4 heteroatoms. The van der Waals surface area contributed by atoms with Gasteiger partial charge in [0.05, 0.1) is 11.2 Å². The van der Waals surface area contributed by atoms with Gasteiger partial charge < -0.3 is 5.73 Å². The Hall–Kier alpha value is -0.450. The molecule has 96 valence electrons. The first-order valence-electron chi connectivity index (χ1n) is 6.64. The largest absolute Gasteiger partial charge is 0.330 e. The number of piperidine rings is 1. The van der Waals surface area contributed by atoms with E-state index >= 15 is 0 Å². The zero-order valence-corrected chi connectivity index (χ0v) is 11.5. The van der Waals surface area contributed by atoms with E-state index in [-0.39, 0.29) is 0 Å². The highest BCUT2D eigenvalue weighted by Crippen LogP contribution is 2.21. The van der Waals surface area contributed by atoms with E-state index in [4.69, 9.17) is 5.73 Å². The average Bonchev–Trinajstić information content (AvgIpc) is 2.74. The standard InChI is InChI=1S/C13H23N3S/c1-11-13(17-10-15-11)6-9-16-8-3-2-4-12(16)5-7-14/h10,12H,2-9,14H2,1H3. The van der Waals surface area contributed by atoms with Crippen molar-refractivity contribution in [1.82, 2.24) is 9.88 Å². The summed E-state index contributed by atoms with van der Waals surface area (Å²) in [6.45, 7) is 5.36. The Kier molecular flexibility index (Phi) is 4.95. The Balaban J connectivity index is 1.86. The van der Waals surface area contributed by atoms with Gasteiger partial charge in [-0.05, 0) is 45.7 Å². The second-order valence-electron chi connectivity index (χ2n) is 4.87. The van der Waals surface area contributed by atoms with Gasteiger partial charge >= 0.3 is 0 Å². The SMILES string of the molecule is Cc1ncsc1CCN1CCCCC1CCN. The number of hydrogen-bond donors (Lipinski definition) is 1. The third-order valence-corrected chi connectivity index (χ3v) is 4.71. The van der Waals surface area contributed by atoms with E-state index in [9.17, 15) is 0 Å². The van der Waals surface area contributed by atoms with Crippen molar-refractivity contribution in [3.8, 4) is 0 Å². The summed E-state index contributed by atoms with van der Waals surface area (Å²) in [4.78, 5) is 8.40. The van der Waals surface area contributed by atoms with E-state index < -0.39 is 0 Å². The zero-order valence-electron chi connectivity index (χ0n) is 10.7. The normalized spacial score (nSPS) is 21.9. The predicted octanol–water partition coefficient (Wildman–Crippen LogP) is 2.20. The van der Waals surface area contributed by atoms with Crippen LogP contribution in [0.5, 0.6) is 0 Å². The lowest BCUT2D eigenvalue weighted by Crippen LogP contribution is -2.41. The van der Waals surface area contributed by atoms with Crippen LogP contribution in [-0.2, 0) is 6.42 Å². The lowest BCUT2D eigenvalue weighted by molar-refractivity contribution is 0.144. The monoisotopic (exact) mass is 253 g/mol. The molecular weight excluding hydrogens is 230 g/mol. The van der Waals surface area contributed by atoms with Gasteiger partial charge in [-0.1, -0.05) is 6.42 Å². The smallest absolute Gasteiger partial charge is 0.0797 e. The number of thiazole rings is 1. The molecule has 0 radical (unpaired) electrons. The minimum absolute atomic E-state index is 0.724. The molecule has 1 saturated heterocycles. The Morgan fingerprint density at radius 1 is 1.53 bits per heavy atom. The molecule has 0 aliphatic carbocycles. The minimum atomic E-state index is 0.724. The highest BCUT2D eigenvalue weighted by atomic mass is 32.1. The number of nitrogens with two attached hydrogens (primary N) is 1. The Morgan fingerprint density at radius 2 is 2.41 bits per heavy atom. The maximum absolute atomic E-state index is 5.70. The van der Waals surface area contributed by atoms with Crippen LogP contribution in [0.2, 0.25) is 0 Å². The van der Waals surface area contributed by atoms with Gasteiger partial charge in [-0.15, -0.1) is 11.3 Å². The number of nitrogens with zero attached hydrogens (tertiary/aromatic N) is 2. The van der Waals surface area contributed by atoms with Crippen molar-refractivity contribution in [3.05, 3.63) is 16.1 Å². The van der Waals surface area contributed by atoms with Gasteiger partial charge in [-0.3, -0.25) is 4.90 Å². The maximum atomic E-state index is 5.70. The van der Waals surface area contributed by atoms with Crippen molar-refractivity contribution >= 4 is 11.3 Å². The fourth-order valence-corrected chi connectivity index (χ4v) is 3.46. The van der Waals surface area contributed by atoms with Crippen molar-refractivity contribution in [2.75, 3.05) is 19.6 Å². The van der Waals surface area contributed by atoms with Gasteiger partial charge in [-0.2, -0.15) is 0 Å². The molecule has 0 saturated carbocycles. The Bertz CT molecular complexity index is 335. The molecule has 1 fully saturated rings. The fourth-order valence-electron chi connectivity index (χ4n) is 2.68. The maximum Gasteiger partial charge on any atom is 0.0797 e. The molecule has 2 N–H and O–H groups in total. The number of hydrogen-bond acceptors (Lipinski definition) is 4. The first-order valence-corrected chi connectivity index (χ1v) is 7.52. The third-order valence-electron chi connectivity index (χ3n) is 3.72. The van der Waals surface area contributed by atoms with Crippen LogP contribution in [0.1, 0.15) is 36.3 Å². The summed E-state index contributed by atoms with van der Waals surface area (Å²) in [5.74, 6) is 0. The number of likely N-dealkylation sites (tertiary alicyclic amines) is 1. The highest BCUT2D eigenvalue weighted by molar-refractivity contribution is 7.09. The summed E-state index contributed by atoms with van der Waals surface area (Å²) in [5, 5.41) is 0. The predicted molar refractivity (Wildman–Crippen MR) is 73.4 cm³/mol. The van der Waals surface area contributed by atoms with Crippen LogP contribution in [0.3, 0.4) is 0 Å². The minimum Gasteiger partial charge on any atom is -0.330 e. The number of rotatable bonds is 5. The van der Waals surface area contributed by atoms with E-state index in [0.29, 0.717) is 0 Å². The molecule has 3 nitrogen and oxygen atoms in total. The van der Waals surface area contributed by atoms with Gasteiger partial charge in [0.1, 0.15) is 0 Å². The molecule has 1 aliphatic heterocycles. The van der Waals surface area contributed by atoms with Crippen molar-refractivity contribution < 1.29 is 0 Å².